The maximum absolute atomic E-state index is 11.3. The number of alkyl halides is 1. The molecule has 0 aliphatic carbocycles. The minimum Gasteiger partial charge on any atom is -0.388 e. The van der Waals surface area contributed by atoms with Crippen LogP contribution >= 0.6 is 15.9 Å². The Morgan fingerprint density at radius 2 is 1.76 bits per heavy atom. The van der Waals surface area contributed by atoms with Crippen molar-refractivity contribution in [3.63, 3.8) is 0 Å². The van der Waals surface area contributed by atoms with E-state index in [0.717, 1.165) is 30.4 Å². The molecule has 3 heteroatoms. The van der Waals surface area contributed by atoms with E-state index < -0.39 is 0 Å². The van der Waals surface area contributed by atoms with Crippen molar-refractivity contribution in [2.75, 3.05) is 18.2 Å². The molecule has 0 spiro atoms. The highest BCUT2D eigenvalue weighted by atomic mass is 79.9. The monoisotopic (exact) mass is 299 g/mol. The molecule has 0 atom stereocenters. The molecule has 1 aromatic rings. The molecule has 0 saturated carbocycles. The van der Waals surface area contributed by atoms with Crippen LogP contribution in [0.2, 0.25) is 0 Å². The summed E-state index contributed by atoms with van der Waals surface area (Å²) >= 11 is 2.94. The lowest BCUT2D eigenvalue weighted by atomic mass is 9.76. The average molecular weight is 300 g/mol. The molecule has 1 N–H and O–H groups in total. The van der Waals surface area contributed by atoms with Gasteiger partial charge in [-0.1, -0.05) is 48.0 Å². The Balaban J connectivity index is 0.00000121. The van der Waals surface area contributed by atoms with Crippen LogP contribution in [-0.2, 0) is 10.2 Å². The molecule has 0 radical (unpaired) electrons. The number of anilines is 1. The number of hydrogen-bond acceptors (Lipinski definition) is 2. The van der Waals surface area contributed by atoms with Crippen LogP contribution in [0.15, 0.2) is 24.3 Å². The Morgan fingerprint density at radius 1 is 1.24 bits per heavy atom. The van der Waals surface area contributed by atoms with Crippen molar-refractivity contribution in [3.8, 4) is 0 Å². The van der Waals surface area contributed by atoms with E-state index in [1.807, 2.05) is 37.1 Å². The Kier molecular flexibility index (Phi) is 7.88. The summed E-state index contributed by atoms with van der Waals surface area (Å²) in [5, 5.41) is 3.14. The fourth-order valence-corrected chi connectivity index (χ4v) is 2.00. The lowest BCUT2D eigenvalue weighted by Gasteiger charge is -2.27. The Morgan fingerprint density at radius 3 is 2.18 bits per heavy atom. The van der Waals surface area contributed by atoms with Crippen LogP contribution in [0.5, 0.6) is 0 Å². The van der Waals surface area contributed by atoms with Gasteiger partial charge in [0.1, 0.15) is 6.29 Å². The number of benzene rings is 1. The summed E-state index contributed by atoms with van der Waals surface area (Å²) in [6.45, 7) is 4.12. The van der Waals surface area contributed by atoms with Gasteiger partial charge >= 0.3 is 0 Å². The van der Waals surface area contributed by atoms with E-state index in [1.54, 1.807) is 0 Å². The molecule has 2 nitrogen and oxygen atoms in total. The molecule has 0 aliphatic heterocycles. The van der Waals surface area contributed by atoms with Crippen LogP contribution in [0, 0.1) is 0 Å². The van der Waals surface area contributed by atoms with Crippen molar-refractivity contribution < 1.29 is 4.79 Å². The van der Waals surface area contributed by atoms with Crippen molar-refractivity contribution in [3.05, 3.63) is 29.8 Å². The van der Waals surface area contributed by atoms with Crippen molar-refractivity contribution in [2.45, 2.75) is 32.1 Å². The minimum absolute atomic E-state index is 0.334. The second kappa shape index (κ2) is 8.29. The standard InChI is InChI=1S/C13H19NO.CH3Br/c1-4-13(5-2,10-15)11-8-6-7-9-12(11)14-3;1-2/h6-10,14H,4-5H2,1-3H3;1H3. The number of rotatable bonds is 5. The maximum atomic E-state index is 11.3. The predicted molar refractivity (Wildman–Crippen MR) is 79.2 cm³/mol. The van der Waals surface area contributed by atoms with Gasteiger partial charge in [-0.15, -0.1) is 0 Å². The number of para-hydroxylation sites is 1. The van der Waals surface area contributed by atoms with Gasteiger partial charge in [0.05, 0.1) is 5.41 Å². The van der Waals surface area contributed by atoms with Crippen LogP contribution in [0.4, 0.5) is 5.69 Å². The maximum Gasteiger partial charge on any atom is 0.130 e. The zero-order valence-electron chi connectivity index (χ0n) is 11.1. The summed E-state index contributed by atoms with van der Waals surface area (Å²) in [7, 11) is 1.89. The van der Waals surface area contributed by atoms with Gasteiger partial charge in [-0.3, -0.25) is 0 Å². The summed E-state index contributed by atoms with van der Waals surface area (Å²) in [5.41, 5.74) is 1.82. The third-order valence-corrected chi connectivity index (χ3v) is 3.22. The van der Waals surface area contributed by atoms with Gasteiger partial charge in [0.15, 0.2) is 0 Å². The van der Waals surface area contributed by atoms with E-state index in [0.29, 0.717) is 0 Å². The van der Waals surface area contributed by atoms with Crippen molar-refractivity contribution in [1.82, 2.24) is 0 Å². The molecule has 0 amide bonds. The quantitative estimate of drug-likeness (QED) is 0.658. The molecule has 0 unspecified atom stereocenters. The van der Waals surface area contributed by atoms with Crippen molar-refractivity contribution >= 4 is 27.9 Å². The minimum atomic E-state index is -0.334. The summed E-state index contributed by atoms with van der Waals surface area (Å²) in [6, 6.07) is 8.02. The number of halogens is 1. The summed E-state index contributed by atoms with van der Waals surface area (Å²) in [5.74, 6) is 1.81. The molecule has 0 aromatic heterocycles. The molecular weight excluding hydrogens is 278 g/mol. The van der Waals surface area contributed by atoms with Gasteiger partial charge in [0.25, 0.3) is 0 Å². The van der Waals surface area contributed by atoms with Gasteiger partial charge in [-0.2, -0.15) is 0 Å². The lowest BCUT2D eigenvalue weighted by molar-refractivity contribution is -0.112. The van der Waals surface area contributed by atoms with Gasteiger partial charge in [-0.25, -0.2) is 0 Å². The van der Waals surface area contributed by atoms with E-state index in [1.165, 1.54) is 0 Å². The van der Waals surface area contributed by atoms with Gasteiger partial charge < -0.3 is 10.1 Å². The highest BCUT2D eigenvalue weighted by Gasteiger charge is 2.29. The first-order valence-electron chi connectivity index (χ1n) is 5.85. The number of carbonyl (C=O) groups is 1. The van der Waals surface area contributed by atoms with Crippen molar-refractivity contribution in [1.29, 1.82) is 0 Å². The molecule has 1 rings (SSSR count). The first-order valence-corrected chi connectivity index (χ1v) is 7.44. The summed E-state index contributed by atoms with van der Waals surface area (Å²) in [6.07, 6.45) is 2.76. The van der Waals surface area contributed by atoms with Crippen molar-refractivity contribution in [2.24, 2.45) is 0 Å². The summed E-state index contributed by atoms with van der Waals surface area (Å²) < 4.78 is 0. The number of nitrogens with one attached hydrogen (secondary N) is 1. The molecule has 1 aromatic carbocycles. The van der Waals surface area contributed by atoms with Crippen LogP contribution in [0.3, 0.4) is 0 Å². The van der Waals surface area contributed by atoms with E-state index >= 15 is 0 Å². The van der Waals surface area contributed by atoms with E-state index in [-0.39, 0.29) is 5.41 Å². The molecular formula is C14H22BrNO. The third kappa shape index (κ3) is 3.56. The second-order valence-electron chi connectivity index (χ2n) is 3.78. The van der Waals surface area contributed by atoms with Crippen LogP contribution in [-0.4, -0.2) is 19.2 Å². The fraction of sp³-hybridized carbons (Fsp3) is 0.500. The molecule has 0 aliphatic rings. The third-order valence-electron chi connectivity index (χ3n) is 3.22. The SMILES string of the molecule is CBr.CCC(C=O)(CC)c1ccccc1NC. The molecule has 0 bridgehead atoms. The molecule has 96 valence electrons. The topological polar surface area (TPSA) is 29.1 Å². The normalized spacial score (nSPS) is 10.2. The van der Waals surface area contributed by atoms with Gasteiger partial charge in [0.2, 0.25) is 0 Å². The highest BCUT2D eigenvalue weighted by molar-refractivity contribution is 9.08. The molecule has 17 heavy (non-hydrogen) atoms. The largest absolute Gasteiger partial charge is 0.388 e. The lowest BCUT2D eigenvalue weighted by Crippen LogP contribution is -2.27. The Labute approximate surface area is 113 Å². The molecule has 0 heterocycles. The molecule has 0 saturated heterocycles. The first-order chi connectivity index (χ1) is 8.24. The number of hydrogen-bond donors (Lipinski definition) is 1. The van der Waals surface area contributed by atoms with Crippen LogP contribution in [0.1, 0.15) is 32.3 Å². The summed E-state index contributed by atoms with van der Waals surface area (Å²) in [4.78, 5) is 11.3. The van der Waals surface area contributed by atoms with Gasteiger partial charge in [-0.05, 0) is 30.3 Å². The first kappa shape index (κ1) is 16.2. The van der Waals surface area contributed by atoms with Crippen LogP contribution < -0.4 is 5.32 Å². The zero-order valence-corrected chi connectivity index (χ0v) is 12.7. The predicted octanol–water partition coefficient (Wildman–Crippen LogP) is 4.00. The number of aldehydes is 1. The fourth-order valence-electron chi connectivity index (χ4n) is 2.00. The van der Waals surface area contributed by atoms with E-state index in [9.17, 15) is 4.79 Å². The van der Waals surface area contributed by atoms with Crippen LogP contribution in [0.25, 0.3) is 0 Å². The van der Waals surface area contributed by atoms with Gasteiger partial charge in [0, 0.05) is 12.7 Å². The Hall–Kier alpha value is -0.830. The smallest absolute Gasteiger partial charge is 0.130 e. The van der Waals surface area contributed by atoms with E-state index in [4.69, 9.17) is 0 Å². The molecule has 0 fully saturated rings. The average Bonchev–Trinajstić information content (AvgIpc) is 2.44. The number of carbonyl (C=O) groups excluding carboxylic acids is 1. The second-order valence-corrected chi connectivity index (χ2v) is 3.78. The highest BCUT2D eigenvalue weighted by Crippen LogP contribution is 2.34. The Bertz CT molecular complexity index is 335. The zero-order chi connectivity index (χ0) is 13.3. The van der Waals surface area contributed by atoms with E-state index in [2.05, 4.69) is 35.1 Å².